The van der Waals surface area contributed by atoms with Crippen molar-refractivity contribution in [2.75, 3.05) is 13.2 Å². The number of nitro groups is 1. The van der Waals surface area contributed by atoms with Gasteiger partial charge in [0.2, 0.25) is 11.3 Å². The summed E-state index contributed by atoms with van der Waals surface area (Å²) in [4.78, 5) is 24.7. The van der Waals surface area contributed by atoms with Gasteiger partial charge in [0.05, 0.1) is 6.61 Å². The zero-order valence-corrected chi connectivity index (χ0v) is 15.6. The Kier molecular flexibility index (Phi) is 5.76. The van der Waals surface area contributed by atoms with E-state index in [0.29, 0.717) is 5.56 Å². The van der Waals surface area contributed by atoms with Crippen LogP contribution in [0.15, 0.2) is 77.7 Å². The second-order valence-corrected chi connectivity index (χ2v) is 7.39. The highest BCUT2D eigenvalue weighted by atomic mass is 32.2. The van der Waals surface area contributed by atoms with E-state index in [0.717, 1.165) is 27.4 Å². The van der Waals surface area contributed by atoms with Crippen molar-refractivity contribution in [2.45, 2.75) is 16.6 Å². The maximum absolute atomic E-state index is 12.9. The third-order valence-electron chi connectivity index (χ3n) is 4.21. The third kappa shape index (κ3) is 4.11. The largest absolute Gasteiger partial charge is 0.464 e. The lowest BCUT2D eigenvalue weighted by atomic mass is 9.98. The van der Waals surface area contributed by atoms with Crippen molar-refractivity contribution in [3.63, 3.8) is 0 Å². The fraction of sp³-hybridized carbons (Fsp3) is 0.190. The predicted molar refractivity (Wildman–Crippen MR) is 106 cm³/mol. The number of nitrogens with zero attached hydrogens (tertiary/aromatic N) is 1. The molecule has 3 aromatic rings. The van der Waals surface area contributed by atoms with Crippen molar-refractivity contribution in [3.8, 4) is 0 Å². The average Bonchev–Trinajstić information content (AvgIpc) is 2.68. The number of carbonyl (C=O) groups is 1. The molecule has 0 aliphatic heterocycles. The molecule has 1 atom stereocenters. The van der Waals surface area contributed by atoms with Gasteiger partial charge in [0.1, 0.15) is 0 Å². The number of carbonyl (C=O) groups excluding carboxylic acids is 1. The van der Waals surface area contributed by atoms with Crippen molar-refractivity contribution in [3.05, 3.63) is 88.5 Å². The van der Waals surface area contributed by atoms with Crippen molar-refractivity contribution in [2.24, 2.45) is 0 Å². The molecule has 0 aliphatic carbocycles. The van der Waals surface area contributed by atoms with E-state index < -0.39 is 22.2 Å². The van der Waals surface area contributed by atoms with Crippen molar-refractivity contribution in [1.82, 2.24) is 0 Å². The standard InChI is InChI=1S/C21H19NO4S/c1-2-26-20(23)21(15-22(24)25,18-10-4-3-5-11-18)27-19-13-12-16-8-6-7-9-17(16)14-19/h3-14H,2,15H2,1H3/t21-/m1/s1. The van der Waals surface area contributed by atoms with Gasteiger partial charge in [0.15, 0.2) is 0 Å². The number of fused-ring (bicyclic) bond motifs is 1. The van der Waals surface area contributed by atoms with Crippen LogP contribution in [0.2, 0.25) is 0 Å². The number of ether oxygens (including phenoxy) is 1. The first kappa shape index (κ1) is 18.9. The molecule has 0 aromatic heterocycles. The molecule has 5 nitrogen and oxygen atoms in total. The molecule has 0 aliphatic rings. The molecule has 0 amide bonds. The summed E-state index contributed by atoms with van der Waals surface area (Å²) in [5.41, 5.74) is 0.554. The Bertz CT molecular complexity index is 961. The Morgan fingerprint density at radius 3 is 2.37 bits per heavy atom. The van der Waals surface area contributed by atoms with Crippen molar-refractivity contribution >= 4 is 28.5 Å². The maximum atomic E-state index is 12.9. The number of rotatable bonds is 7. The number of hydrogen-bond acceptors (Lipinski definition) is 5. The Labute approximate surface area is 161 Å². The molecule has 138 valence electrons. The van der Waals surface area contributed by atoms with Crippen LogP contribution in [0.1, 0.15) is 12.5 Å². The van der Waals surface area contributed by atoms with Crippen LogP contribution in [0.3, 0.4) is 0 Å². The second kappa shape index (κ2) is 8.22. The van der Waals surface area contributed by atoms with Gasteiger partial charge in [-0.15, -0.1) is 0 Å². The van der Waals surface area contributed by atoms with E-state index in [2.05, 4.69) is 0 Å². The van der Waals surface area contributed by atoms with Crippen LogP contribution in [0.5, 0.6) is 0 Å². The van der Waals surface area contributed by atoms with E-state index in [-0.39, 0.29) is 6.61 Å². The molecule has 0 spiro atoms. The van der Waals surface area contributed by atoms with E-state index in [1.165, 1.54) is 0 Å². The topological polar surface area (TPSA) is 69.4 Å². The normalized spacial score (nSPS) is 13.1. The smallest absolute Gasteiger partial charge is 0.334 e. The Morgan fingerprint density at radius 2 is 1.70 bits per heavy atom. The van der Waals surface area contributed by atoms with Crippen LogP contribution in [-0.4, -0.2) is 24.0 Å². The van der Waals surface area contributed by atoms with Gasteiger partial charge in [-0.05, 0) is 35.4 Å². The fourth-order valence-electron chi connectivity index (χ4n) is 2.98. The van der Waals surface area contributed by atoms with Crippen LogP contribution in [0.4, 0.5) is 0 Å². The minimum absolute atomic E-state index is 0.156. The summed E-state index contributed by atoms with van der Waals surface area (Å²) in [5.74, 6) is -0.606. The van der Waals surface area contributed by atoms with E-state index >= 15 is 0 Å². The maximum Gasteiger partial charge on any atom is 0.334 e. The van der Waals surface area contributed by atoms with Crippen molar-refractivity contribution in [1.29, 1.82) is 0 Å². The molecule has 3 aromatic carbocycles. The van der Waals surface area contributed by atoms with Gasteiger partial charge < -0.3 is 4.74 Å². The van der Waals surface area contributed by atoms with Crippen LogP contribution < -0.4 is 0 Å². The number of benzene rings is 3. The molecule has 0 fully saturated rings. The zero-order valence-electron chi connectivity index (χ0n) is 14.8. The van der Waals surface area contributed by atoms with Crippen molar-refractivity contribution < 1.29 is 14.5 Å². The van der Waals surface area contributed by atoms with Gasteiger partial charge in [-0.2, -0.15) is 0 Å². The van der Waals surface area contributed by atoms with Gasteiger partial charge in [-0.3, -0.25) is 10.1 Å². The summed E-state index contributed by atoms with van der Waals surface area (Å²) >= 11 is 1.16. The first-order valence-electron chi connectivity index (χ1n) is 8.57. The van der Waals surface area contributed by atoms with Crippen LogP contribution in [0, 0.1) is 10.1 Å². The van der Waals surface area contributed by atoms with E-state index in [1.807, 2.05) is 48.5 Å². The zero-order chi connectivity index (χ0) is 19.3. The summed E-state index contributed by atoms with van der Waals surface area (Å²) in [7, 11) is 0. The van der Waals surface area contributed by atoms with Gasteiger partial charge in [0, 0.05) is 9.82 Å². The molecular weight excluding hydrogens is 362 g/mol. The average molecular weight is 381 g/mol. The summed E-state index contributed by atoms with van der Waals surface area (Å²) in [6.07, 6.45) is 0. The number of hydrogen-bond donors (Lipinski definition) is 0. The molecule has 27 heavy (non-hydrogen) atoms. The van der Waals surface area contributed by atoms with Crippen LogP contribution >= 0.6 is 11.8 Å². The Hall–Kier alpha value is -2.86. The van der Waals surface area contributed by atoms with Crippen LogP contribution in [-0.2, 0) is 14.3 Å². The Balaban J connectivity index is 2.11. The lowest BCUT2D eigenvalue weighted by Gasteiger charge is -2.27. The van der Waals surface area contributed by atoms with Crippen LogP contribution in [0.25, 0.3) is 10.8 Å². The second-order valence-electron chi connectivity index (χ2n) is 6.02. The highest BCUT2D eigenvalue weighted by Gasteiger charge is 2.48. The highest BCUT2D eigenvalue weighted by Crippen LogP contribution is 2.43. The minimum Gasteiger partial charge on any atom is -0.464 e. The molecule has 0 unspecified atom stereocenters. The lowest BCUT2D eigenvalue weighted by Crippen LogP contribution is -2.40. The summed E-state index contributed by atoms with van der Waals surface area (Å²) in [6, 6.07) is 22.4. The summed E-state index contributed by atoms with van der Waals surface area (Å²) < 4.78 is 3.80. The number of thioether (sulfide) groups is 1. The molecule has 0 N–H and O–H groups in total. The quantitative estimate of drug-likeness (QED) is 0.257. The first-order valence-corrected chi connectivity index (χ1v) is 9.39. The fourth-order valence-corrected chi connectivity index (χ4v) is 4.27. The van der Waals surface area contributed by atoms with Gasteiger partial charge in [-0.1, -0.05) is 72.4 Å². The summed E-state index contributed by atoms with van der Waals surface area (Å²) in [5, 5.41) is 13.6. The molecular formula is C21H19NO4S. The van der Waals surface area contributed by atoms with E-state index in [4.69, 9.17) is 4.74 Å². The van der Waals surface area contributed by atoms with Gasteiger partial charge in [0.25, 0.3) is 0 Å². The third-order valence-corrected chi connectivity index (χ3v) is 5.58. The summed E-state index contributed by atoms with van der Waals surface area (Å²) in [6.45, 7) is 1.29. The molecule has 0 saturated carbocycles. The molecule has 0 saturated heterocycles. The van der Waals surface area contributed by atoms with Gasteiger partial charge in [-0.25, -0.2) is 4.79 Å². The van der Waals surface area contributed by atoms with E-state index in [1.54, 1.807) is 31.2 Å². The molecule has 3 rings (SSSR count). The highest BCUT2D eigenvalue weighted by molar-refractivity contribution is 8.01. The molecule has 0 radical (unpaired) electrons. The Morgan fingerprint density at radius 1 is 1.04 bits per heavy atom. The predicted octanol–water partition coefficient (Wildman–Crippen LogP) is 4.67. The van der Waals surface area contributed by atoms with Gasteiger partial charge >= 0.3 is 5.97 Å². The number of esters is 1. The van der Waals surface area contributed by atoms with E-state index in [9.17, 15) is 14.9 Å². The first-order chi connectivity index (χ1) is 13.0. The lowest BCUT2D eigenvalue weighted by molar-refractivity contribution is -0.484. The monoisotopic (exact) mass is 381 g/mol. The minimum atomic E-state index is -1.46. The SMILES string of the molecule is CCOC(=O)[C@](C[N+](=O)[O-])(Sc1ccc2ccccc2c1)c1ccccc1. The molecule has 0 bridgehead atoms. The molecule has 0 heterocycles. The molecule has 6 heteroatoms.